The summed E-state index contributed by atoms with van der Waals surface area (Å²) in [5, 5.41) is 0.560. The molecule has 1 saturated carbocycles. The molecule has 112 valence electrons. The molecular formula is C16H20ClN3O. The van der Waals surface area contributed by atoms with Crippen LogP contribution in [0.15, 0.2) is 29.1 Å². The highest BCUT2D eigenvalue weighted by Crippen LogP contribution is 2.36. The topological polar surface area (TPSA) is 52.9 Å². The van der Waals surface area contributed by atoms with Gasteiger partial charge in [-0.2, -0.15) is 0 Å². The number of rotatable bonds is 3. The van der Waals surface area contributed by atoms with Crippen molar-refractivity contribution in [3.8, 4) is 5.69 Å². The van der Waals surface area contributed by atoms with E-state index in [4.69, 9.17) is 17.3 Å². The highest BCUT2D eigenvalue weighted by Gasteiger charge is 2.27. The summed E-state index contributed by atoms with van der Waals surface area (Å²) in [4.78, 5) is 12.6. The van der Waals surface area contributed by atoms with E-state index in [-0.39, 0.29) is 5.56 Å². The van der Waals surface area contributed by atoms with Gasteiger partial charge in [0.2, 0.25) is 0 Å². The highest BCUT2D eigenvalue weighted by molar-refractivity contribution is 6.32. The Bertz CT molecular complexity index is 711. The molecule has 0 unspecified atom stereocenters. The summed E-state index contributed by atoms with van der Waals surface area (Å²) in [6.45, 7) is 2.73. The first-order chi connectivity index (χ1) is 10.1. The van der Waals surface area contributed by atoms with Crippen LogP contribution in [-0.4, -0.2) is 9.36 Å². The summed E-state index contributed by atoms with van der Waals surface area (Å²) in [7, 11) is 0. The van der Waals surface area contributed by atoms with E-state index in [9.17, 15) is 4.79 Å². The molecule has 0 saturated heterocycles. The number of aromatic nitrogens is 2. The van der Waals surface area contributed by atoms with Gasteiger partial charge in [-0.15, -0.1) is 0 Å². The van der Waals surface area contributed by atoms with E-state index in [1.54, 1.807) is 10.7 Å². The van der Waals surface area contributed by atoms with Gasteiger partial charge in [0, 0.05) is 12.5 Å². The molecule has 2 N–H and O–H groups in total. The molecule has 21 heavy (non-hydrogen) atoms. The zero-order chi connectivity index (χ0) is 15.0. The maximum Gasteiger partial charge on any atom is 0.294 e. The Labute approximate surface area is 129 Å². The number of nitrogen functional groups attached to an aromatic ring is 1. The van der Waals surface area contributed by atoms with Crippen LogP contribution in [0.1, 0.15) is 44.2 Å². The van der Waals surface area contributed by atoms with Crippen molar-refractivity contribution in [3.63, 3.8) is 0 Å². The average Bonchev–Trinajstić information content (AvgIpc) is 3.08. The van der Waals surface area contributed by atoms with Crippen molar-refractivity contribution in [1.29, 1.82) is 0 Å². The van der Waals surface area contributed by atoms with Gasteiger partial charge in [0.15, 0.2) is 0 Å². The molecule has 0 radical (unpaired) electrons. The van der Waals surface area contributed by atoms with Crippen LogP contribution < -0.4 is 11.3 Å². The summed E-state index contributed by atoms with van der Waals surface area (Å²) in [6, 6.07) is 7.39. The van der Waals surface area contributed by atoms with E-state index in [0.717, 1.165) is 18.5 Å². The van der Waals surface area contributed by atoms with E-state index in [0.29, 0.717) is 28.9 Å². The molecule has 4 nitrogen and oxygen atoms in total. The standard InChI is InChI=1S/C16H20ClN3O/c1-2-19-15(11-7-3-4-8-11)14(18)16(21)20(19)13-10-6-5-9-12(13)17/h5-6,9-11H,2-4,7-8,18H2,1H3. The van der Waals surface area contributed by atoms with Crippen molar-refractivity contribution in [2.24, 2.45) is 0 Å². The van der Waals surface area contributed by atoms with Gasteiger partial charge in [0.05, 0.1) is 16.4 Å². The molecular weight excluding hydrogens is 286 g/mol. The molecule has 5 heteroatoms. The molecule has 3 rings (SSSR count). The number of para-hydroxylation sites is 1. The van der Waals surface area contributed by atoms with Crippen molar-refractivity contribution in [2.75, 3.05) is 5.73 Å². The van der Waals surface area contributed by atoms with E-state index in [1.165, 1.54) is 12.8 Å². The van der Waals surface area contributed by atoms with Crippen LogP contribution in [0, 0.1) is 0 Å². The molecule has 1 aliphatic rings. The van der Waals surface area contributed by atoms with Gasteiger partial charge >= 0.3 is 0 Å². The molecule has 1 aromatic heterocycles. The van der Waals surface area contributed by atoms with Gasteiger partial charge in [-0.3, -0.25) is 9.48 Å². The molecule has 0 spiro atoms. The molecule has 1 heterocycles. The quantitative estimate of drug-likeness (QED) is 0.942. The van der Waals surface area contributed by atoms with E-state index >= 15 is 0 Å². The summed E-state index contributed by atoms with van der Waals surface area (Å²) < 4.78 is 3.63. The number of anilines is 1. The van der Waals surface area contributed by atoms with E-state index in [1.807, 2.05) is 29.8 Å². The van der Waals surface area contributed by atoms with Crippen molar-refractivity contribution in [1.82, 2.24) is 9.36 Å². The number of benzene rings is 1. The maximum absolute atomic E-state index is 12.6. The molecule has 0 amide bonds. The Morgan fingerprint density at radius 3 is 2.57 bits per heavy atom. The van der Waals surface area contributed by atoms with Gasteiger partial charge in [0.1, 0.15) is 5.69 Å². The summed E-state index contributed by atoms with van der Waals surface area (Å²) in [6.07, 6.45) is 4.63. The third-order valence-electron chi connectivity index (χ3n) is 4.34. The van der Waals surface area contributed by atoms with Crippen LogP contribution in [0.5, 0.6) is 0 Å². The third-order valence-corrected chi connectivity index (χ3v) is 4.66. The smallest absolute Gasteiger partial charge is 0.294 e. The minimum Gasteiger partial charge on any atom is -0.393 e. The normalized spacial score (nSPS) is 15.7. The van der Waals surface area contributed by atoms with Crippen LogP contribution >= 0.6 is 11.6 Å². The second-order valence-corrected chi connectivity index (χ2v) is 5.97. The first-order valence-corrected chi connectivity index (χ1v) is 7.89. The van der Waals surface area contributed by atoms with Crippen LogP contribution in [0.4, 0.5) is 5.69 Å². The van der Waals surface area contributed by atoms with Gasteiger partial charge in [-0.05, 0) is 31.9 Å². The lowest BCUT2D eigenvalue weighted by Crippen LogP contribution is -2.22. The fraction of sp³-hybridized carbons (Fsp3) is 0.438. The maximum atomic E-state index is 12.6. The molecule has 0 atom stereocenters. The zero-order valence-corrected chi connectivity index (χ0v) is 12.9. The van der Waals surface area contributed by atoms with Gasteiger partial charge in [-0.25, -0.2) is 4.68 Å². The van der Waals surface area contributed by atoms with Crippen LogP contribution in [0.25, 0.3) is 5.69 Å². The molecule has 0 bridgehead atoms. The van der Waals surface area contributed by atoms with Crippen molar-refractivity contribution in [3.05, 3.63) is 45.3 Å². The number of halogens is 1. The predicted octanol–water partition coefficient (Wildman–Crippen LogP) is 3.55. The fourth-order valence-electron chi connectivity index (χ4n) is 3.38. The van der Waals surface area contributed by atoms with Crippen LogP contribution in [-0.2, 0) is 6.54 Å². The lowest BCUT2D eigenvalue weighted by atomic mass is 10.0. The number of hydrogen-bond acceptors (Lipinski definition) is 2. The predicted molar refractivity (Wildman–Crippen MR) is 86.3 cm³/mol. The fourth-order valence-corrected chi connectivity index (χ4v) is 3.60. The lowest BCUT2D eigenvalue weighted by molar-refractivity contribution is 0.518. The minimum atomic E-state index is -0.160. The zero-order valence-electron chi connectivity index (χ0n) is 12.2. The average molecular weight is 306 g/mol. The third kappa shape index (κ3) is 2.27. The molecule has 0 aliphatic heterocycles. The lowest BCUT2D eigenvalue weighted by Gasteiger charge is -2.17. The van der Waals surface area contributed by atoms with Crippen molar-refractivity contribution >= 4 is 17.3 Å². The van der Waals surface area contributed by atoms with E-state index in [2.05, 4.69) is 0 Å². The Hall–Kier alpha value is -1.68. The molecule has 1 aliphatic carbocycles. The Morgan fingerprint density at radius 1 is 1.29 bits per heavy atom. The Balaban J connectivity index is 2.24. The van der Waals surface area contributed by atoms with E-state index < -0.39 is 0 Å². The first kappa shape index (κ1) is 14.3. The van der Waals surface area contributed by atoms with Crippen molar-refractivity contribution < 1.29 is 0 Å². The summed E-state index contributed by atoms with van der Waals surface area (Å²) in [5.41, 5.74) is 8.05. The number of hydrogen-bond donors (Lipinski definition) is 1. The highest BCUT2D eigenvalue weighted by atomic mass is 35.5. The first-order valence-electron chi connectivity index (χ1n) is 7.51. The molecule has 2 aromatic rings. The molecule has 1 fully saturated rings. The monoisotopic (exact) mass is 305 g/mol. The minimum absolute atomic E-state index is 0.160. The Morgan fingerprint density at radius 2 is 1.95 bits per heavy atom. The van der Waals surface area contributed by atoms with Gasteiger partial charge in [-0.1, -0.05) is 36.6 Å². The largest absolute Gasteiger partial charge is 0.393 e. The van der Waals surface area contributed by atoms with Crippen LogP contribution in [0.3, 0.4) is 0 Å². The SMILES string of the molecule is CCn1c(C2CCCC2)c(N)c(=O)n1-c1ccccc1Cl. The van der Waals surface area contributed by atoms with Crippen molar-refractivity contribution in [2.45, 2.75) is 45.1 Å². The summed E-state index contributed by atoms with van der Waals surface area (Å²) in [5.74, 6) is 0.390. The molecule has 1 aromatic carbocycles. The second-order valence-electron chi connectivity index (χ2n) is 5.56. The Kier molecular flexibility index (Phi) is 3.81. The summed E-state index contributed by atoms with van der Waals surface area (Å²) >= 11 is 6.27. The van der Waals surface area contributed by atoms with Gasteiger partial charge in [0.25, 0.3) is 5.56 Å². The number of nitrogens with zero attached hydrogens (tertiary/aromatic N) is 2. The second kappa shape index (κ2) is 5.60. The van der Waals surface area contributed by atoms with Gasteiger partial charge < -0.3 is 5.73 Å². The van der Waals surface area contributed by atoms with Crippen LogP contribution in [0.2, 0.25) is 5.02 Å². The number of nitrogens with two attached hydrogens (primary N) is 1.